The van der Waals surface area contributed by atoms with E-state index in [0.717, 1.165) is 16.3 Å². The number of carbonyl (C=O) groups is 1. The second-order valence-electron chi connectivity index (χ2n) is 3.61. The van der Waals surface area contributed by atoms with Gasteiger partial charge in [-0.1, -0.05) is 0 Å². The number of hydrogen-bond acceptors (Lipinski definition) is 4. The molecular weight excluding hydrogens is 246 g/mol. The number of hydrogen-bond donors (Lipinski definition) is 2. The van der Waals surface area contributed by atoms with Gasteiger partial charge in [-0.3, -0.25) is 4.79 Å². The van der Waals surface area contributed by atoms with Gasteiger partial charge in [0.05, 0.1) is 4.88 Å². The third-order valence-electron chi connectivity index (χ3n) is 2.38. The number of amides is 1. The van der Waals surface area contributed by atoms with E-state index in [1.165, 1.54) is 29.3 Å². The highest BCUT2D eigenvalue weighted by Gasteiger charge is 2.16. The minimum atomic E-state index is 0.0391. The van der Waals surface area contributed by atoms with Crippen LogP contribution in [0.4, 0.5) is 0 Å². The Morgan fingerprint density at radius 3 is 3.13 bits per heavy atom. The van der Waals surface area contributed by atoms with Crippen molar-refractivity contribution in [3.63, 3.8) is 0 Å². The van der Waals surface area contributed by atoms with Crippen LogP contribution in [0, 0.1) is 5.92 Å². The van der Waals surface area contributed by atoms with Gasteiger partial charge in [0.1, 0.15) is 0 Å². The summed E-state index contributed by atoms with van der Waals surface area (Å²) >= 11 is 7.60. The molecule has 15 heavy (non-hydrogen) atoms. The minimum Gasteiger partial charge on any atom is -0.351 e. The van der Waals surface area contributed by atoms with Crippen LogP contribution in [0.1, 0.15) is 16.1 Å². The van der Waals surface area contributed by atoms with E-state index in [-0.39, 0.29) is 5.91 Å². The zero-order chi connectivity index (χ0) is 10.7. The van der Waals surface area contributed by atoms with Gasteiger partial charge >= 0.3 is 0 Å². The number of rotatable bonds is 3. The molecule has 1 aliphatic heterocycles. The molecule has 1 N–H and O–H groups in total. The summed E-state index contributed by atoms with van der Waals surface area (Å²) in [4.78, 5) is 13.3. The lowest BCUT2D eigenvalue weighted by Crippen LogP contribution is -2.28. The van der Waals surface area contributed by atoms with Crippen LogP contribution in [0.25, 0.3) is 0 Å². The van der Waals surface area contributed by atoms with Crippen molar-refractivity contribution in [1.82, 2.24) is 5.32 Å². The molecule has 1 aromatic rings. The third-order valence-corrected chi connectivity index (χ3v) is 4.98. The third kappa shape index (κ3) is 3.16. The summed E-state index contributed by atoms with van der Waals surface area (Å²) in [6, 6.07) is 1.81. The van der Waals surface area contributed by atoms with Gasteiger partial charge in [-0.2, -0.15) is 11.8 Å². The SMILES string of the molecule is O=C(NCC1CCSC1)c1cc(S)cs1. The van der Waals surface area contributed by atoms with Crippen molar-refractivity contribution in [3.8, 4) is 0 Å². The van der Waals surface area contributed by atoms with E-state index >= 15 is 0 Å². The van der Waals surface area contributed by atoms with Gasteiger partial charge in [0, 0.05) is 16.8 Å². The molecule has 2 nitrogen and oxygen atoms in total. The molecule has 0 radical (unpaired) electrons. The van der Waals surface area contributed by atoms with Crippen LogP contribution in [0.2, 0.25) is 0 Å². The summed E-state index contributed by atoms with van der Waals surface area (Å²) in [6.45, 7) is 0.811. The Morgan fingerprint density at radius 2 is 2.53 bits per heavy atom. The molecule has 1 unspecified atom stereocenters. The maximum Gasteiger partial charge on any atom is 0.261 e. The second kappa shape index (κ2) is 5.27. The van der Waals surface area contributed by atoms with Crippen molar-refractivity contribution in [2.24, 2.45) is 5.92 Å². The van der Waals surface area contributed by atoms with Crippen LogP contribution in [0.15, 0.2) is 16.3 Å². The van der Waals surface area contributed by atoms with Gasteiger partial charge in [-0.05, 0) is 29.9 Å². The van der Waals surface area contributed by atoms with Gasteiger partial charge in [-0.15, -0.1) is 24.0 Å². The number of thiol groups is 1. The van der Waals surface area contributed by atoms with E-state index in [1.807, 2.05) is 23.2 Å². The fourth-order valence-electron chi connectivity index (χ4n) is 1.51. The van der Waals surface area contributed by atoms with Crippen LogP contribution in [0.5, 0.6) is 0 Å². The van der Waals surface area contributed by atoms with E-state index < -0.39 is 0 Å². The van der Waals surface area contributed by atoms with Crippen LogP contribution in [-0.2, 0) is 0 Å². The number of thioether (sulfide) groups is 1. The van der Waals surface area contributed by atoms with Crippen molar-refractivity contribution >= 4 is 41.6 Å². The van der Waals surface area contributed by atoms with E-state index in [0.29, 0.717) is 5.92 Å². The minimum absolute atomic E-state index is 0.0391. The first-order valence-corrected chi connectivity index (χ1v) is 7.37. The summed E-state index contributed by atoms with van der Waals surface area (Å²) in [5.41, 5.74) is 0. The average Bonchev–Trinajstić information content (AvgIpc) is 2.84. The lowest BCUT2D eigenvalue weighted by atomic mass is 10.1. The molecule has 1 aliphatic rings. The van der Waals surface area contributed by atoms with Crippen molar-refractivity contribution in [2.45, 2.75) is 11.3 Å². The average molecular weight is 259 g/mol. The van der Waals surface area contributed by atoms with E-state index in [1.54, 1.807) is 0 Å². The first-order valence-electron chi connectivity index (χ1n) is 4.89. The molecule has 2 rings (SSSR count). The summed E-state index contributed by atoms with van der Waals surface area (Å²) in [7, 11) is 0. The first-order chi connectivity index (χ1) is 7.25. The Hall–Kier alpha value is -0.130. The highest BCUT2D eigenvalue weighted by atomic mass is 32.2. The van der Waals surface area contributed by atoms with Crippen molar-refractivity contribution in [1.29, 1.82) is 0 Å². The smallest absolute Gasteiger partial charge is 0.261 e. The van der Waals surface area contributed by atoms with Gasteiger partial charge in [0.2, 0.25) is 0 Å². The largest absolute Gasteiger partial charge is 0.351 e. The van der Waals surface area contributed by atoms with Crippen molar-refractivity contribution in [2.75, 3.05) is 18.1 Å². The standard InChI is InChI=1S/C10H13NOS3/c12-10(9-3-8(13)6-15-9)11-4-7-1-2-14-5-7/h3,6-7,13H,1-2,4-5H2,(H,11,12). The summed E-state index contributed by atoms with van der Waals surface area (Å²) in [6.07, 6.45) is 1.23. The van der Waals surface area contributed by atoms with E-state index in [4.69, 9.17) is 0 Å². The molecule has 1 aromatic heterocycles. The van der Waals surface area contributed by atoms with Gasteiger partial charge in [0.15, 0.2) is 0 Å². The first kappa shape index (κ1) is 11.4. The van der Waals surface area contributed by atoms with Gasteiger partial charge in [0.25, 0.3) is 5.91 Å². The number of carbonyl (C=O) groups excluding carboxylic acids is 1. The van der Waals surface area contributed by atoms with Crippen LogP contribution < -0.4 is 5.32 Å². The van der Waals surface area contributed by atoms with Crippen LogP contribution >= 0.6 is 35.7 Å². The zero-order valence-corrected chi connectivity index (χ0v) is 10.8. The number of nitrogens with one attached hydrogen (secondary N) is 1. The molecule has 1 saturated heterocycles. The molecule has 0 aromatic carbocycles. The molecule has 82 valence electrons. The lowest BCUT2D eigenvalue weighted by molar-refractivity contribution is 0.0952. The highest BCUT2D eigenvalue weighted by Crippen LogP contribution is 2.23. The van der Waals surface area contributed by atoms with Gasteiger partial charge < -0.3 is 5.32 Å². The molecule has 0 aliphatic carbocycles. The van der Waals surface area contributed by atoms with Crippen LogP contribution in [0.3, 0.4) is 0 Å². The monoisotopic (exact) mass is 259 g/mol. The van der Waals surface area contributed by atoms with E-state index in [2.05, 4.69) is 17.9 Å². The topological polar surface area (TPSA) is 29.1 Å². The molecule has 1 fully saturated rings. The second-order valence-corrected chi connectivity index (χ2v) is 6.19. The maximum atomic E-state index is 11.7. The summed E-state index contributed by atoms with van der Waals surface area (Å²) in [5, 5.41) is 4.86. The summed E-state index contributed by atoms with van der Waals surface area (Å²) in [5.74, 6) is 3.12. The van der Waals surface area contributed by atoms with Gasteiger partial charge in [-0.25, -0.2) is 0 Å². The summed E-state index contributed by atoms with van der Waals surface area (Å²) < 4.78 is 0. The molecule has 1 atom stereocenters. The Bertz CT molecular complexity index is 344. The predicted octanol–water partition coefficient (Wildman–Crippen LogP) is 2.52. The maximum absolute atomic E-state index is 11.7. The molecule has 2 heterocycles. The molecular formula is C10H13NOS3. The number of thiophene rings is 1. The van der Waals surface area contributed by atoms with Crippen molar-refractivity contribution < 1.29 is 4.79 Å². The lowest BCUT2D eigenvalue weighted by Gasteiger charge is -2.08. The molecule has 0 bridgehead atoms. The normalized spacial score (nSPS) is 20.5. The van der Waals surface area contributed by atoms with Crippen LogP contribution in [-0.4, -0.2) is 24.0 Å². The Balaban J connectivity index is 1.81. The molecule has 5 heteroatoms. The molecule has 1 amide bonds. The predicted molar refractivity (Wildman–Crippen MR) is 69.3 cm³/mol. The Kier molecular flexibility index (Phi) is 3.99. The van der Waals surface area contributed by atoms with E-state index in [9.17, 15) is 4.79 Å². The quantitative estimate of drug-likeness (QED) is 0.817. The Labute approximate surface area is 103 Å². The zero-order valence-electron chi connectivity index (χ0n) is 8.23. The molecule has 0 spiro atoms. The Morgan fingerprint density at radius 1 is 1.67 bits per heavy atom. The molecule has 0 saturated carbocycles. The highest BCUT2D eigenvalue weighted by molar-refractivity contribution is 7.99. The van der Waals surface area contributed by atoms with Crippen molar-refractivity contribution in [3.05, 3.63) is 16.3 Å². The fraction of sp³-hybridized carbons (Fsp3) is 0.500. The fourth-order valence-corrected chi connectivity index (χ4v) is 3.86.